The molecule has 2 saturated heterocycles. The first-order chi connectivity index (χ1) is 14.2. The molecular formula is C26H32NO2+. The van der Waals surface area contributed by atoms with E-state index in [2.05, 4.69) is 48.5 Å². The highest BCUT2D eigenvalue weighted by atomic mass is 16.5. The lowest BCUT2D eigenvalue weighted by Gasteiger charge is -2.40. The van der Waals surface area contributed by atoms with Crippen molar-refractivity contribution < 1.29 is 14.4 Å². The summed E-state index contributed by atoms with van der Waals surface area (Å²) < 4.78 is 5.65. The van der Waals surface area contributed by atoms with Crippen LogP contribution in [0.1, 0.15) is 44.6 Å². The molecule has 0 aromatic heterocycles. The Hall–Kier alpha value is -2.39. The van der Waals surface area contributed by atoms with E-state index in [1.54, 1.807) is 11.0 Å². The van der Waals surface area contributed by atoms with Crippen LogP contribution in [0.5, 0.6) is 0 Å². The summed E-state index contributed by atoms with van der Waals surface area (Å²) in [6.45, 7) is 5.12. The minimum absolute atomic E-state index is 0.214. The fourth-order valence-corrected chi connectivity index (χ4v) is 4.98. The van der Waals surface area contributed by atoms with E-state index in [0.717, 1.165) is 11.1 Å². The molecule has 3 nitrogen and oxygen atoms in total. The van der Waals surface area contributed by atoms with Crippen molar-refractivity contribution >= 4 is 22.8 Å². The number of benzene rings is 2. The minimum atomic E-state index is -0.214. The first kappa shape index (κ1) is 19.9. The monoisotopic (exact) mass is 390 g/mol. The number of carbonyl (C=O) groups is 1. The average Bonchev–Trinajstić information content (AvgIpc) is 2.76. The van der Waals surface area contributed by atoms with Gasteiger partial charge in [0.2, 0.25) is 0 Å². The zero-order chi connectivity index (χ0) is 20.1. The van der Waals surface area contributed by atoms with E-state index in [4.69, 9.17) is 4.74 Å². The number of nitrogens with one attached hydrogen (secondary N) is 1. The summed E-state index contributed by atoms with van der Waals surface area (Å²) in [6, 6.07) is 15.4. The quantitative estimate of drug-likeness (QED) is 0.471. The van der Waals surface area contributed by atoms with Crippen molar-refractivity contribution in [3.05, 3.63) is 65.8 Å². The molecule has 3 heteroatoms. The molecule has 29 heavy (non-hydrogen) atoms. The van der Waals surface area contributed by atoms with Gasteiger partial charge in [0.1, 0.15) is 6.61 Å². The molecule has 2 aromatic rings. The molecule has 3 atom stereocenters. The summed E-state index contributed by atoms with van der Waals surface area (Å²) in [5, 5.41) is 2.46. The molecule has 0 radical (unpaired) electrons. The molecule has 2 heterocycles. The van der Waals surface area contributed by atoms with Crippen molar-refractivity contribution in [2.24, 2.45) is 5.92 Å². The Morgan fingerprint density at radius 1 is 1.07 bits per heavy atom. The molecule has 1 unspecified atom stereocenters. The molecule has 0 aliphatic carbocycles. The third kappa shape index (κ3) is 5.16. The van der Waals surface area contributed by atoms with Crippen LogP contribution in [-0.4, -0.2) is 31.7 Å². The fraction of sp³-hybridized carbons (Fsp3) is 0.423. The Labute approximate surface area is 174 Å². The summed E-state index contributed by atoms with van der Waals surface area (Å²) in [6.07, 6.45) is 12.1. The highest BCUT2D eigenvalue weighted by Crippen LogP contribution is 2.21. The molecular weight excluding hydrogens is 358 g/mol. The smallest absolute Gasteiger partial charge is 0.331 e. The Balaban J connectivity index is 1.32. The second kappa shape index (κ2) is 9.41. The van der Waals surface area contributed by atoms with Crippen LogP contribution in [0.25, 0.3) is 16.8 Å². The van der Waals surface area contributed by atoms with Crippen molar-refractivity contribution in [3.8, 4) is 0 Å². The van der Waals surface area contributed by atoms with Gasteiger partial charge in [0, 0.05) is 12.0 Å². The van der Waals surface area contributed by atoms with Crippen LogP contribution in [0.3, 0.4) is 0 Å². The predicted octanol–water partition coefficient (Wildman–Crippen LogP) is 4.19. The van der Waals surface area contributed by atoms with E-state index < -0.39 is 0 Å². The summed E-state index contributed by atoms with van der Waals surface area (Å²) in [4.78, 5) is 14.0. The molecule has 0 bridgehead atoms. The van der Waals surface area contributed by atoms with Gasteiger partial charge in [-0.05, 0) is 67.0 Å². The van der Waals surface area contributed by atoms with Gasteiger partial charge in [-0.2, -0.15) is 0 Å². The van der Waals surface area contributed by atoms with E-state index in [1.165, 1.54) is 56.0 Å². The third-order valence-electron chi connectivity index (χ3n) is 6.53. The van der Waals surface area contributed by atoms with Crippen LogP contribution < -0.4 is 4.90 Å². The van der Waals surface area contributed by atoms with Crippen LogP contribution in [0, 0.1) is 5.92 Å². The third-order valence-corrected chi connectivity index (χ3v) is 6.53. The number of rotatable bonds is 5. The molecule has 152 valence electrons. The van der Waals surface area contributed by atoms with Gasteiger partial charge in [-0.1, -0.05) is 48.6 Å². The predicted molar refractivity (Wildman–Crippen MR) is 119 cm³/mol. The molecule has 0 saturated carbocycles. The standard InChI is InChI=1S/C26H31NO2/c1-20(11-12-21-13-14-22-7-2-3-8-23(22)18-21)17-26(28)29-19-24-9-6-16-27-15-5-4-10-25(24)27/h2-3,7-8,11-14,17-18,24-25H,4-6,9-10,15-16,19H2,1H3/p+1/b12-11+,20-17?/t24-,25+/m0/s1. The molecule has 2 fully saturated rings. The number of fused-ring (bicyclic) bond motifs is 2. The lowest BCUT2D eigenvalue weighted by atomic mass is 9.84. The van der Waals surface area contributed by atoms with Crippen molar-refractivity contribution in [3.63, 3.8) is 0 Å². The molecule has 4 rings (SSSR count). The maximum absolute atomic E-state index is 12.3. The van der Waals surface area contributed by atoms with Crippen molar-refractivity contribution in [1.82, 2.24) is 0 Å². The van der Waals surface area contributed by atoms with Crippen LogP contribution in [0.4, 0.5) is 0 Å². The maximum Gasteiger partial charge on any atom is 0.331 e. The molecule has 2 aliphatic rings. The van der Waals surface area contributed by atoms with Gasteiger partial charge >= 0.3 is 5.97 Å². The Morgan fingerprint density at radius 2 is 1.90 bits per heavy atom. The van der Waals surface area contributed by atoms with Crippen LogP contribution in [0.15, 0.2) is 60.2 Å². The maximum atomic E-state index is 12.3. The van der Waals surface area contributed by atoms with Gasteiger partial charge in [-0.15, -0.1) is 0 Å². The number of hydrogen-bond donors (Lipinski definition) is 1. The number of quaternary nitrogens is 1. The van der Waals surface area contributed by atoms with Gasteiger partial charge in [0.15, 0.2) is 0 Å². The molecule has 0 spiro atoms. The highest BCUT2D eigenvalue weighted by Gasteiger charge is 2.36. The second-order valence-electron chi connectivity index (χ2n) is 8.62. The van der Waals surface area contributed by atoms with Gasteiger partial charge in [-0.25, -0.2) is 4.79 Å². The van der Waals surface area contributed by atoms with Gasteiger partial charge < -0.3 is 9.64 Å². The van der Waals surface area contributed by atoms with Crippen molar-refractivity contribution in [2.45, 2.75) is 45.1 Å². The average molecular weight is 391 g/mol. The van der Waals surface area contributed by atoms with Crippen molar-refractivity contribution in [2.75, 3.05) is 19.7 Å². The van der Waals surface area contributed by atoms with Crippen LogP contribution >= 0.6 is 0 Å². The molecule has 2 aromatic carbocycles. The minimum Gasteiger partial charge on any atom is -0.462 e. The van der Waals surface area contributed by atoms with E-state index in [1.807, 2.05) is 13.0 Å². The Bertz CT molecular complexity index is 912. The van der Waals surface area contributed by atoms with E-state index in [-0.39, 0.29) is 5.97 Å². The van der Waals surface area contributed by atoms with Gasteiger partial charge in [0.25, 0.3) is 0 Å². The van der Waals surface area contributed by atoms with Crippen LogP contribution in [0.2, 0.25) is 0 Å². The zero-order valence-electron chi connectivity index (χ0n) is 17.4. The lowest BCUT2D eigenvalue weighted by molar-refractivity contribution is -0.940. The number of hydrogen-bond acceptors (Lipinski definition) is 2. The zero-order valence-corrected chi connectivity index (χ0v) is 17.4. The normalized spacial score (nSPS) is 25.1. The summed E-state index contributed by atoms with van der Waals surface area (Å²) >= 11 is 0. The van der Waals surface area contributed by atoms with Crippen molar-refractivity contribution in [1.29, 1.82) is 0 Å². The highest BCUT2D eigenvalue weighted by molar-refractivity contribution is 5.85. The first-order valence-electron chi connectivity index (χ1n) is 11.1. The number of piperidine rings is 2. The van der Waals surface area contributed by atoms with E-state index >= 15 is 0 Å². The Kier molecular flexibility index (Phi) is 6.46. The largest absolute Gasteiger partial charge is 0.462 e. The summed E-state index contributed by atoms with van der Waals surface area (Å²) in [5.74, 6) is 0.318. The van der Waals surface area contributed by atoms with E-state index in [0.29, 0.717) is 18.6 Å². The SMILES string of the molecule is CC(=CC(=O)OC[C@@H]1CCC[NH+]2CCCC[C@H]12)/C=C/c1ccc2ccccc2c1. The first-order valence-corrected chi connectivity index (χ1v) is 11.1. The van der Waals surface area contributed by atoms with Gasteiger partial charge in [-0.3, -0.25) is 0 Å². The number of esters is 1. The molecule has 2 aliphatic heterocycles. The molecule has 1 N–H and O–H groups in total. The molecule has 0 amide bonds. The summed E-state index contributed by atoms with van der Waals surface area (Å²) in [7, 11) is 0. The van der Waals surface area contributed by atoms with Crippen LogP contribution in [-0.2, 0) is 9.53 Å². The lowest BCUT2D eigenvalue weighted by Crippen LogP contribution is -3.18. The number of ether oxygens (including phenoxy) is 1. The van der Waals surface area contributed by atoms with E-state index in [9.17, 15) is 4.79 Å². The fourth-order valence-electron chi connectivity index (χ4n) is 4.98. The topological polar surface area (TPSA) is 30.7 Å². The second-order valence-corrected chi connectivity index (χ2v) is 8.62. The summed E-state index contributed by atoms with van der Waals surface area (Å²) in [5.41, 5.74) is 2.05. The number of allylic oxidation sites excluding steroid dienone is 2. The number of carbonyl (C=O) groups excluding carboxylic acids is 1. The van der Waals surface area contributed by atoms with Gasteiger partial charge in [0.05, 0.1) is 19.1 Å². The Morgan fingerprint density at radius 3 is 2.79 bits per heavy atom.